The van der Waals surface area contributed by atoms with Crippen LogP contribution in [0.25, 0.3) is 15.9 Å². The molecule has 0 saturated heterocycles. The Bertz CT molecular complexity index is 1650. The standard InChI is InChI=1S/C30H30F3N3O3S2/c1-29(2,3)17-8-13-22-23(15-17)41-26-25(22)27(38)36(20-9-11-21(39-4)12-10-20)28(35-26)40-16-24(37)34-19-7-5-6-18(14-19)30(31,32)33/h5-7,9-12,14,17H,8,13,15-16H2,1-4H3,(H,34,37). The number of ether oxygens (including phenoxy) is 1. The van der Waals surface area contributed by atoms with Crippen molar-refractivity contribution in [2.75, 3.05) is 18.2 Å². The molecule has 1 aliphatic carbocycles. The number of hydrogen-bond donors (Lipinski definition) is 1. The average molecular weight is 602 g/mol. The molecule has 2 aromatic heterocycles. The summed E-state index contributed by atoms with van der Waals surface area (Å²) in [5.41, 5.74) is 0.782. The Morgan fingerprint density at radius 2 is 1.90 bits per heavy atom. The molecule has 1 atom stereocenters. The first kappa shape index (κ1) is 29.2. The highest BCUT2D eigenvalue weighted by Crippen LogP contribution is 2.42. The number of hydrogen-bond acceptors (Lipinski definition) is 6. The molecule has 0 fully saturated rings. The van der Waals surface area contributed by atoms with Crippen molar-refractivity contribution in [1.29, 1.82) is 0 Å². The van der Waals surface area contributed by atoms with Gasteiger partial charge in [0.15, 0.2) is 5.16 Å². The molecule has 6 nitrogen and oxygen atoms in total. The Hall–Kier alpha value is -3.31. The molecule has 0 saturated carbocycles. The van der Waals surface area contributed by atoms with Crippen molar-refractivity contribution in [2.45, 2.75) is 51.4 Å². The Kier molecular flexibility index (Phi) is 7.95. The number of thiophene rings is 1. The van der Waals surface area contributed by atoms with E-state index in [4.69, 9.17) is 9.72 Å². The first-order valence-corrected chi connectivity index (χ1v) is 15.0. The summed E-state index contributed by atoms with van der Waals surface area (Å²) in [6.45, 7) is 6.72. The lowest BCUT2D eigenvalue weighted by atomic mass is 9.72. The first-order chi connectivity index (χ1) is 19.3. The molecule has 0 bridgehead atoms. The molecule has 11 heteroatoms. The van der Waals surface area contributed by atoms with Crippen LogP contribution in [0.1, 0.15) is 43.2 Å². The maximum absolute atomic E-state index is 14.1. The van der Waals surface area contributed by atoms with Crippen LogP contribution in [0.5, 0.6) is 5.75 Å². The van der Waals surface area contributed by atoms with Gasteiger partial charge in [-0.3, -0.25) is 14.2 Å². The van der Waals surface area contributed by atoms with Gasteiger partial charge in [-0.15, -0.1) is 11.3 Å². The number of nitrogens with zero attached hydrogens (tertiary/aromatic N) is 2. The fraction of sp³-hybridized carbons (Fsp3) is 0.367. The Balaban J connectivity index is 1.49. The van der Waals surface area contributed by atoms with Gasteiger partial charge < -0.3 is 10.1 Å². The van der Waals surface area contributed by atoms with Crippen LogP contribution in [0.15, 0.2) is 58.5 Å². The molecule has 1 N–H and O–H groups in total. The smallest absolute Gasteiger partial charge is 0.416 e. The maximum atomic E-state index is 14.1. The molecule has 41 heavy (non-hydrogen) atoms. The van der Waals surface area contributed by atoms with Gasteiger partial charge in [-0.2, -0.15) is 13.2 Å². The molecule has 216 valence electrons. The molecule has 0 radical (unpaired) electrons. The number of alkyl halides is 3. The largest absolute Gasteiger partial charge is 0.497 e. The fourth-order valence-corrected chi connectivity index (χ4v) is 7.26. The third kappa shape index (κ3) is 6.16. The maximum Gasteiger partial charge on any atom is 0.416 e. The lowest BCUT2D eigenvalue weighted by Crippen LogP contribution is -2.27. The number of amides is 1. The number of nitrogens with one attached hydrogen (secondary N) is 1. The Morgan fingerprint density at radius 1 is 1.17 bits per heavy atom. The van der Waals surface area contributed by atoms with E-state index in [-0.39, 0.29) is 22.4 Å². The highest BCUT2D eigenvalue weighted by molar-refractivity contribution is 7.99. The zero-order valence-electron chi connectivity index (χ0n) is 23.1. The number of carbonyl (C=O) groups excluding carboxylic acids is 1. The molecular formula is C30H30F3N3O3S2. The van der Waals surface area contributed by atoms with E-state index in [0.717, 1.165) is 48.7 Å². The number of methoxy groups -OCH3 is 1. The predicted octanol–water partition coefficient (Wildman–Crippen LogP) is 7.36. The molecule has 2 aromatic carbocycles. The number of aryl methyl sites for hydroxylation is 1. The van der Waals surface area contributed by atoms with Crippen LogP contribution in [-0.2, 0) is 23.8 Å². The topological polar surface area (TPSA) is 73.2 Å². The van der Waals surface area contributed by atoms with Crippen LogP contribution in [0.3, 0.4) is 0 Å². The zero-order chi connectivity index (χ0) is 29.5. The highest BCUT2D eigenvalue weighted by Gasteiger charge is 2.33. The quantitative estimate of drug-likeness (QED) is 0.185. The summed E-state index contributed by atoms with van der Waals surface area (Å²) in [5.74, 6) is 0.469. The summed E-state index contributed by atoms with van der Waals surface area (Å²) in [4.78, 5) is 33.5. The lowest BCUT2D eigenvalue weighted by molar-refractivity contribution is -0.137. The van der Waals surface area contributed by atoms with E-state index in [9.17, 15) is 22.8 Å². The predicted molar refractivity (Wildman–Crippen MR) is 158 cm³/mol. The van der Waals surface area contributed by atoms with Gasteiger partial charge in [0.25, 0.3) is 5.56 Å². The number of anilines is 1. The van der Waals surface area contributed by atoms with Gasteiger partial charge in [-0.05, 0) is 78.6 Å². The second-order valence-electron chi connectivity index (χ2n) is 11.1. The summed E-state index contributed by atoms with van der Waals surface area (Å²) in [6.07, 6.45) is -1.82. The number of thioether (sulfide) groups is 1. The van der Waals surface area contributed by atoms with Crippen LogP contribution >= 0.6 is 23.1 Å². The van der Waals surface area contributed by atoms with Gasteiger partial charge in [-0.25, -0.2) is 4.98 Å². The monoisotopic (exact) mass is 601 g/mol. The molecule has 2 heterocycles. The van der Waals surface area contributed by atoms with E-state index >= 15 is 0 Å². The van der Waals surface area contributed by atoms with Crippen molar-refractivity contribution in [1.82, 2.24) is 9.55 Å². The third-order valence-electron chi connectivity index (χ3n) is 7.41. The van der Waals surface area contributed by atoms with Gasteiger partial charge >= 0.3 is 6.18 Å². The summed E-state index contributed by atoms with van der Waals surface area (Å²) in [7, 11) is 1.56. The molecule has 0 spiro atoms. The summed E-state index contributed by atoms with van der Waals surface area (Å²) in [6, 6.07) is 11.5. The zero-order valence-corrected chi connectivity index (χ0v) is 24.7. The van der Waals surface area contributed by atoms with Crippen molar-refractivity contribution >= 4 is 44.9 Å². The van der Waals surface area contributed by atoms with Crippen LogP contribution < -0.4 is 15.6 Å². The minimum absolute atomic E-state index is 0.0423. The molecule has 1 aliphatic rings. The Labute approximate surface area is 243 Å². The van der Waals surface area contributed by atoms with Crippen LogP contribution in [-0.4, -0.2) is 28.3 Å². The second kappa shape index (κ2) is 11.2. The van der Waals surface area contributed by atoms with Gasteiger partial charge in [0, 0.05) is 10.6 Å². The molecule has 4 aromatic rings. The minimum Gasteiger partial charge on any atom is -0.497 e. The van der Waals surface area contributed by atoms with Gasteiger partial charge in [0.1, 0.15) is 10.6 Å². The normalized spacial score (nSPS) is 15.5. The first-order valence-electron chi connectivity index (χ1n) is 13.2. The van der Waals surface area contributed by atoms with E-state index < -0.39 is 17.6 Å². The molecule has 1 amide bonds. The molecule has 1 unspecified atom stereocenters. The van der Waals surface area contributed by atoms with E-state index in [0.29, 0.717) is 32.7 Å². The number of fused-ring (bicyclic) bond motifs is 3. The summed E-state index contributed by atoms with van der Waals surface area (Å²) >= 11 is 2.60. The summed E-state index contributed by atoms with van der Waals surface area (Å²) in [5, 5.41) is 3.47. The van der Waals surface area contributed by atoms with E-state index in [1.807, 2.05) is 0 Å². The van der Waals surface area contributed by atoms with Crippen molar-refractivity contribution in [3.05, 3.63) is 74.9 Å². The van der Waals surface area contributed by atoms with Crippen molar-refractivity contribution in [3.63, 3.8) is 0 Å². The number of carbonyl (C=O) groups is 1. The number of rotatable bonds is 6. The van der Waals surface area contributed by atoms with Gasteiger partial charge in [-0.1, -0.05) is 38.6 Å². The van der Waals surface area contributed by atoms with Gasteiger partial charge in [0.2, 0.25) is 5.91 Å². The van der Waals surface area contributed by atoms with Crippen molar-refractivity contribution in [2.24, 2.45) is 11.3 Å². The minimum atomic E-state index is -4.52. The number of benzene rings is 2. The average Bonchev–Trinajstić information content (AvgIpc) is 3.29. The van der Waals surface area contributed by atoms with Crippen LogP contribution in [0.2, 0.25) is 0 Å². The summed E-state index contributed by atoms with van der Waals surface area (Å²) < 4.78 is 46.1. The van der Waals surface area contributed by atoms with E-state index in [2.05, 4.69) is 26.1 Å². The lowest BCUT2D eigenvalue weighted by Gasteiger charge is -2.33. The fourth-order valence-electron chi connectivity index (χ4n) is 5.10. The van der Waals surface area contributed by atoms with Gasteiger partial charge in [0.05, 0.1) is 29.5 Å². The molecular weight excluding hydrogens is 571 g/mol. The van der Waals surface area contributed by atoms with Crippen LogP contribution in [0.4, 0.5) is 18.9 Å². The van der Waals surface area contributed by atoms with E-state index in [1.54, 1.807) is 31.4 Å². The highest BCUT2D eigenvalue weighted by atomic mass is 32.2. The van der Waals surface area contributed by atoms with Crippen molar-refractivity contribution in [3.8, 4) is 11.4 Å². The third-order valence-corrected chi connectivity index (χ3v) is 9.50. The molecule has 5 rings (SSSR count). The van der Waals surface area contributed by atoms with Crippen LogP contribution in [0, 0.1) is 11.3 Å². The SMILES string of the molecule is COc1ccc(-n2c(SCC(=O)Nc3cccc(C(F)(F)F)c3)nc3sc4c(c3c2=O)CCC(C(C)(C)C)C4)cc1. The second-order valence-corrected chi connectivity index (χ2v) is 13.2. The Morgan fingerprint density at radius 3 is 2.56 bits per heavy atom. The number of halogens is 3. The number of aromatic nitrogens is 2. The molecule has 0 aliphatic heterocycles. The van der Waals surface area contributed by atoms with Crippen molar-refractivity contribution < 1.29 is 22.7 Å². The van der Waals surface area contributed by atoms with E-state index in [1.165, 1.54) is 32.9 Å².